The molecule has 138 valence electrons. The van der Waals surface area contributed by atoms with Gasteiger partial charge >= 0.3 is 0 Å². The summed E-state index contributed by atoms with van der Waals surface area (Å²) in [6.45, 7) is 1.71. The topological polar surface area (TPSA) is 63.2 Å². The number of pyridine rings is 1. The number of alkyl halides is 2. The van der Waals surface area contributed by atoms with Crippen molar-refractivity contribution in [3.05, 3.63) is 47.7 Å². The molecule has 1 saturated carbocycles. The molecule has 1 heterocycles. The zero-order valence-electron chi connectivity index (χ0n) is 14.7. The van der Waals surface area contributed by atoms with E-state index in [0.717, 1.165) is 17.5 Å². The first-order chi connectivity index (χ1) is 12.4. The maximum Gasteiger partial charge on any atom is 0.279 e. The first-order valence-electron chi connectivity index (χ1n) is 8.43. The van der Waals surface area contributed by atoms with E-state index in [-0.39, 0.29) is 23.0 Å². The van der Waals surface area contributed by atoms with Gasteiger partial charge in [0.05, 0.1) is 12.7 Å². The number of halogens is 2. The van der Waals surface area contributed by atoms with Gasteiger partial charge in [-0.3, -0.25) is 4.79 Å². The van der Waals surface area contributed by atoms with E-state index in [1.165, 1.54) is 13.0 Å². The van der Waals surface area contributed by atoms with Crippen molar-refractivity contribution in [1.29, 1.82) is 0 Å². The second kappa shape index (κ2) is 7.27. The molecule has 2 aromatic rings. The summed E-state index contributed by atoms with van der Waals surface area (Å²) in [4.78, 5) is 15.2. The van der Waals surface area contributed by atoms with Gasteiger partial charge in [0.15, 0.2) is 0 Å². The maximum absolute atomic E-state index is 14.6. The van der Waals surface area contributed by atoms with Crippen LogP contribution in [0.5, 0.6) is 5.75 Å². The largest absolute Gasteiger partial charge is 0.497 e. The van der Waals surface area contributed by atoms with Gasteiger partial charge in [-0.2, -0.15) is 0 Å². The number of benzene rings is 1. The molecule has 3 rings (SSSR count). The van der Waals surface area contributed by atoms with Crippen LogP contribution >= 0.6 is 0 Å². The standard InChI is InChI=1S/C19H21F2N3O2/c1-12(25)24-18-9-17(16(11-23-18)19(20,21)14-5-6-14)22-10-13-3-7-15(26-2)8-4-13/h3-4,7-9,11,14H,5-6,10H2,1-2H3,(H2,22,23,24,25). The number of ether oxygens (including phenoxy) is 1. The number of carbonyl (C=O) groups is 1. The molecular weight excluding hydrogens is 340 g/mol. The lowest BCUT2D eigenvalue weighted by atomic mass is 10.0. The Labute approximate surface area is 150 Å². The Balaban J connectivity index is 1.84. The van der Waals surface area contributed by atoms with Gasteiger partial charge < -0.3 is 15.4 Å². The normalized spacial score (nSPS) is 14.0. The summed E-state index contributed by atoms with van der Waals surface area (Å²) in [6, 6.07) is 8.80. The third-order valence-electron chi connectivity index (χ3n) is 4.30. The molecule has 2 N–H and O–H groups in total. The molecule has 1 aromatic carbocycles. The van der Waals surface area contributed by atoms with E-state index in [1.807, 2.05) is 24.3 Å². The fraction of sp³-hybridized carbons (Fsp3) is 0.368. The Morgan fingerprint density at radius 3 is 2.58 bits per heavy atom. The second-order valence-corrected chi connectivity index (χ2v) is 6.40. The smallest absolute Gasteiger partial charge is 0.279 e. The van der Waals surface area contributed by atoms with Crippen LogP contribution in [0, 0.1) is 5.92 Å². The van der Waals surface area contributed by atoms with Crippen LogP contribution in [0.4, 0.5) is 20.3 Å². The molecule has 0 spiro atoms. The Kier molecular flexibility index (Phi) is 5.06. The van der Waals surface area contributed by atoms with Gasteiger partial charge in [0.1, 0.15) is 11.6 Å². The molecule has 7 heteroatoms. The van der Waals surface area contributed by atoms with Crippen LogP contribution in [0.1, 0.15) is 30.9 Å². The molecule has 5 nitrogen and oxygen atoms in total. The minimum atomic E-state index is -2.94. The highest BCUT2D eigenvalue weighted by Crippen LogP contribution is 2.51. The van der Waals surface area contributed by atoms with Gasteiger partial charge in [-0.05, 0) is 30.5 Å². The zero-order valence-corrected chi connectivity index (χ0v) is 14.7. The average Bonchev–Trinajstić information content (AvgIpc) is 3.45. The minimum Gasteiger partial charge on any atom is -0.497 e. The fourth-order valence-corrected chi connectivity index (χ4v) is 2.72. The number of aromatic nitrogens is 1. The molecule has 1 aliphatic rings. The van der Waals surface area contributed by atoms with Gasteiger partial charge in [-0.15, -0.1) is 0 Å². The number of methoxy groups -OCH3 is 1. The monoisotopic (exact) mass is 361 g/mol. The lowest BCUT2D eigenvalue weighted by Crippen LogP contribution is -2.20. The van der Waals surface area contributed by atoms with Crippen LogP contribution in [0.15, 0.2) is 36.5 Å². The van der Waals surface area contributed by atoms with Crippen molar-refractivity contribution in [3.63, 3.8) is 0 Å². The number of nitrogens with one attached hydrogen (secondary N) is 2. The first-order valence-corrected chi connectivity index (χ1v) is 8.43. The van der Waals surface area contributed by atoms with Crippen molar-refractivity contribution >= 4 is 17.4 Å². The Morgan fingerprint density at radius 2 is 2.00 bits per heavy atom. The number of carbonyl (C=O) groups excluding carboxylic acids is 1. The summed E-state index contributed by atoms with van der Waals surface area (Å²) in [5, 5.41) is 5.59. The molecule has 26 heavy (non-hydrogen) atoms. The lowest BCUT2D eigenvalue weighted by Gasteiger charge is -2.21. The third kappa shape index (κ3) is 4.09. The quantitative estimate of drug-likeness (QED) is 0.777. The van der Waals surface area contributed by atoms with E-state index in [4.69, 9.17) is 4.74 Å². The number of anilines is 2. The van der Waals surface area contributed by atoms with Crippen molar-refractivity contribution in [2.24, 2.45) is 5.92 Å². The molecule has 1 aliphatic carbocycles. The van der Waals surface area contributed by atoms with E-state index < -0.39 is 11.8 Å². The first kappa shape index (κ1) is 18.1. The third-order valence-corrected chi connectivity index (χ3v) is 4.30. The van der Waals surface area contributed by atoms with Crippen LogP contribution < -0.4 is 15.4 Å². The SMILES string of the molecule is COc1ccc(CNc2cc(NC(C)=O)ncc2C(F)(F)C2CC2)cc1. The number of hydrogen-bond acceptors (Lipinski definition) is 4. The molecule has 1 amide bonds. The molecule has 0 bridgehead atoms. The van der Waals surface area contributed by atoms with Gasteiger partial charge in [0.25, 0.3) is 5.92 Å². The van der Waals surface area contributed by atoms with E-state index in [1.54, 1.807) is 7.11 Å². The molecule has 0 radical (unpaired) electrons. The van der Waals surface area contributed by atoms with Crippen LogP contribution in [0.25, 0.3) is 0 Å². The Morgan fingerprint density at radius 1 is 1.31 bits per heavy atom. The van der Waals surface area contributed by atoms with Crippen molar-refractivity contribution in [2.45, 2.75) is 32.2 Å². The van der Waals surface area contributed by atoms with Crippen LogP contribution in [-0.4, -0.2) is 18.0 Å². The predicted molar refractivity (Wildman–Crippen MR) is 95.5 cm³/mol. The van der Waals surface area contributed by atoms with Crippen molar-refractivity contribution in [2.75, 3.05) is 17.7 Å². The van der Waals surface area contributed by atoms with Crippen molar-refractivity contribution in [1.82, 2.24) is 4.98 Å². The Bertz CT molecular complexity index is 790. The average molecular weight is 361 g/mol. The van der Waals surface area contributed by atoms with Gasteiger partial charge in [0, 0.05) is 37.3 Å². The Hall–Kier alpha value is -2.70. The highest BCUT2D eigenvalue weighted by Gasteiger charge is 2.49. The zero-order chi connectivity index (χ0) is 18.7. The van der Waals surface area contributed by atoms with Crippen molar-refractivity contribution in [3.8, 4) is 5.75 Å². The van der Waals surface area contributed by atoms with Crippen LogP contribution in [-0.2, 0) is 17.3 Å². The van der Waals surface area contributed by atoms with Crippen molar-refractivity contribution < 1.29 is 18.3 Å². The summed E-state index contributed by atoms with van der Waals surface area (Å²) < 4.78 is 34.4. The van der Waals surface area contributed by atoms with E-state index in [2.05, 4.69) is 15.6 Å². The molecule has 0 atom stereocenters. The van der Waals surface area contributed by atoms with E-state index in [9.17, 15) is 13.6 Å². The summed E-state index contributed by atoms with van der Waals surface area (Å²) in [7, 11) is 1.58. The van der Waals surface area contributed by atoms with Crippen LogP contribution in [0.3, 0.4) is 0 Å². The van der Waals surface area contributed by atoms with Gasteiger partial charge in [-0.1, -0.05) is 12.1 Å². The van der Waals surface area contributed by atoms with E-state index in [0.29, 0.717) is 19.4 Å². The minimum absolute atomic E-state index is 0.136. The molecular formula is C19H21F2N3O2. The number of hydrogen-bond donors (Lipinski definition) is 2. The summed E-state index contributed by atoms with van der Waals surface area (Å²) in [6.07, 6.45) is 2.18. The fourth-order valence-electron chi connectivity index (χ4n) is 2.72. The molecule has 0 aliphatic heterocycles. The predicted octanol–water partition coefficient (Wildman–Crippen LogP) is 4.16. The summed E-state index contributed by atoms with van der Waals surface area (Å²) in [5.41, 5.74) is 1.06. The summed E-state index contributed by atoms with van der Waals surface area (Å²) >= 11 is 0. The molecule has 1 aromatic heterocycles. The maximum atomic E-state index is 14.6. The number of nitrogens with zero attached hydrogens (tertiary/aromatic N) is 1. The summed E-state index contributed by atoms with van der Waals surface area (Å²) in [5.74, 6) is -2.92. The highest BCUT2D eigenvalue weighted by atomic mass is 19.3. The van der Waals surface area contributed by atoms with E-state index >= 15 is 0 Å². The van der Waals surface area contributed by atoms with Crippen LogP contribution in [0.2, 0.25) is 0 Å². The lowest BCUT2D eigenvalue weighted by molar-refractivity contribution is -0.114. The number of rotatable bonds is 7. The second-order valence-electron chi connectivity index (χ2n) is 6.40. The molecule has 0 unspecified atom stereocenters. The van der Waals surface area contributed by atoms with Gasteiger partial charge in [-0.25, -0.2) is 13.8 Å². The molecule has 1 fully saturated rings. The number of amides is 1. The van der Waals surface area contributed by atoms with Gasteiger partial charge in [0.2, 0.25) is 5.91 Å². The highest BCUT2D eigenvalue weighted by molar-refractivity contribution is 5.88. The molecule has 0 saturated heterocycles.